The van der Waals surface area contributed by atoms with Crippen molar-refractivity contribution >= 4 is 11.9 Å². The summed E-state index contributed by atoms with van der Waals surface area (Å²) >= 11 is 0. The van der Waals surface area contributed by atoms with Gasteiger partial charge in [-0.15, -0.1) is 0 Å². The fourth-order valence-electron chi connectivity index (χ4n) is 7.01. The number of rotatable bonds is 35. The monoisotopic (exact) mass is 767 g/mol. The molecule has 1 aliphatic rings. The first-order valence-electron chi connectivity index (χ1n) is 22.1. The molecule has 1 rings (SSSR count). The Balaban J connectivity index is 2.08. The number of aliphatic hydroxyl groups excluding tert-OH is 4. The van der Waals surface area contributed by atoms with E-state index in [1.165, 1.54) is 89.9 Å². The molecule has 0 radical (unpaired) electrons. The van der Waals surface area contributed by atoms with Gasteiger partial charge in [-0.05, 0) is 38.0 Å². The average Bonchev–Trinajstić information content (AvgIpc) is 3.13. The van der Waals surface area contributed by atoms with E-state index < -0.39 is 43.3 Å². The van der Waals surface area contributed by atoms with Crippen LogP contribution in [0, 0.1) is 11.8 Å². The minimum atomic E-state index is -1.05. The Labute approximate surface area is 329 Å². The summed E-state index contributed by atoms with van der Waals surface area (Å²) in [6.07, 6.45) is 31.5. The van der Waals surface area contributed by atoms with Gasteiger partial charge in [0.05, 0.1) is 24.9 Å². The lowest BCUT2D eigenvalue weighted by atomic mass is 9.87. The minimum Gasteiger partial charge on any atom is -0.462 e. The van der Waals surface area contributed by atoms with Gasteiger partial charge in [-0.2, -0.15) is 0 Å². The minimum absolute atomic E-state index is 0.133. The van der Waals surface area contributed by atoms with Crippen LogP contribution in [-0.2, 0) is 23.8 Å². The molecule has 1 aliphatic heterocycles. The van der Waals surface area contributed by atoms with E-state index in [1.807, 2.05) is 12.2 Å². The molecule has 0 aromatic carbocycles. The third kappa shape index (κ3) is 28.6. The molecule has 0 spiro atoms. The van der Waals surface area contributed by atoms with Crippen molar-refractivity contribution in [3.63, 3.8) is 0 Å². The first-order valence-corrected chi connectivity index (χ1v) is 22.1. The van der Waals surface area contributed by atoms with Crippen LogP contribution < -0.4 is 0 Å². The van der Waals surface area contributed by atoms with Gasteiger partial charge in [-0.1, -0.05) is 167 Å². The van der Waals surface area contributed by atoms with Gasteiger partial charge < -0.3 is 34.6 Å². The molecular weight excluding hydrogens is 684 g/mol. The van der Waals surface area contributed by atoms with Gasteiger partial charge in [0.1, 0.15) is 6.61 Å². The highest BCUT2D eigenvalue weighted by Gasteiger charge is 2.35. The van der Waals surface area contributed by atoms with Crippen LogP contribution in [0.4, 0.5) is 0 Å². The first-order chi connectivity index (χ1) is 26.2. The Kier molecular flexibility index (Phi) is 32.1. The molecule has 0 aromatic rings. The smallest absolute Gasteiger partial charge is 0.306 e. The van der Waals surface area contributed by atoms with Crippen molar-refractivity contribution in [2.75, 3.05) is 13.2 Å². The average molecular weight is 767 g/mol. The summed E-state index contributed by atoms with van der Waals surface area (Å²) < 4.78 is 16.2. The lowest BCUT2D eigenvalue weighted by molar-refractivity contribution is -0.199. The van der Waals surface area contributed by atoms with E-state index in [1.54, 1.807) is 12.2 Å². The lowest BCUT2D eigenvalue weighted by Crippen LogP contribution is -2.43. The third-order valence-corrected chi connectivity index (χ3v) is 10.5. The van der Waals surface area contributed by atoms with E-state index in [9.17, 15) is 30.0 Å². The molecule has 0 amide bonds. The Morgan fingerprint density at radius 2 is 1.30 bits per heavy atom. The molecule has 0 saturated carbocycles. The molecule has 4 N–H and O–H groups in total. The zero-order valence-corrected chi connectivity index (χ0v) is 34.7. The summed E-state index contributed by atoms with van der Waals surface area (Å²) in [4.78, 5) is 24.5. The van der Waals surface area contributed by atoms with Gasteiger partial charge in [-0.3, -0.25) is 9.59 Å². The summed E-state index contributed by atoms with van der Waals surface area (Å²) in [7, 11) is 0. The van der Waals surface area contributed by atoms with Gasteiger partial charge in [0, 0.05) is 25.2 Å². The van der Waals surface area contributed by atoms with Gasteiger partial charge in [0.15, 0.2) is 12.4 Å². The predicted octanol–water partition coefficient (Wildman–Crippen LogP) is 9.81. The molecule has 54 heavy (non-hydrogen) atoms. The Bertz CT molecular complexity index is 951. The molecule has 6 atom stereocenters. The van der Waals surface area contributed by atoms with E-state index in [2.05, 4.69) is 20.8 Å². The van der Waals surface area contributed by atoms with E-state index in [0.717, 1.165) is 44.4 Å². The van der Waals surface area contributed by atoms with Crippen molar-refractivity contribution in [2.24, 2.45) is 11.8 Å². The number of hydrogen-bond donors (Lipinski definition) is 4. The summed E-state index contributed by atoms with van der Waals surface area (Å²) in [5.74, 6) is -0.198. The van der Waals surface area contributed by atoms with Crippen LogP contribution in [-0.4, -0.2) is 76.3 Å². The number of unbranched alkanes of at least 4 members (excludes halogenated alkanes) is 18. The SMILES string of the molecule is CCCCC[C@H](O)/C=C/[C@H]1OC(O)C[C@H](O)[C@@H]1C/C=C\CCCC(=O)O[C@@H](CO)COC(=O)CCCCCCCCCCCCCCCCCCC(C)C. The van der Waals surface area contributed by atoms with Crippen LogP contribution in [0.15, 0.2) is 24.3 Å². The number of allylic oxidation sites excluding steroid dienone is 2. The van der Waals surface area contributed by atoms with Crippen LogP contribution in [0.2, 0.25) is 0 Å². The normalized spacial score (nSPS) is 20.2. The molecule has 9 heteroatoms. The maximum Gasteiger partial charge on any atom is 0.306 e. The fourth-order valence-corrected chi connectivity index (χ4v) is 7.01. The molecule has 0 aliphatic carbocycles. The number of hydrogen-bond acceptors (Lipinski definition) is 9. The predicted molar refractivity (Wildman–Crippen MR) is 218 cm³/mol. The maximum atomic E-state index is 12.3. The first kappa shape index (κ1) is 50.2. The number of aliphatic hydroxyl groups is 4. The lowest BCUT2D eigenvalue weighted by Gasteiger charge is -2.36. The van der Waals surface area contributed by atoms with Gasteiger partial charge >= 0.3 is 11.9 Å². The summed E-state index contributed by atoms with van der Waals surface area (Å²) in [5, 5.41) is 40.4. The Morgan fingerprint density at radius 3 is 1.87 bits per heavy atom. The van der Waals surface area contributed by atoms with Crippen LogP contribution in [0.1, 0.15) is 194 Å². The molecule has 0 bridgehead atoms. The summed E-state index contributed by atoms with van der Waals surface area (Å²) in [6, 6.07) is 0. The van der Waals surface area contributed by atoms with Crippen molar-refractivity contribution in [1.29, 1.82) is 0 Å². The quantitative estimate of drug-likeness (QED) is 0.0282. The van der Waals surface area contributed by atoms with E-state index in [4.69, 9.17) is 14.2 Å². The van der Waals surface area contributed by atoms with Crippen LogP contribution in [0.25, 0.3) is 0 Å². The molecule has 316 valence electrons. The van der Waals surface area contributed by atoms with Crippen molar-refractivity contribution < 1.29 is 44.2 Å². The number of ether oxygens (including phenoxy) is 3. The Morgan fingerprint density at radius 1 is 0.741 bits per heavy atom. The number of carbonyl (C=O) groups excluding carboxylic acids is 2. The Hall–Kier alpha value is -1.78. The molecule has 1 saturated heterocycles. The van der Waals surface area contributed by atoms with E-state index in [0.29, 0.717) is 32.1 Å². The molecule has 1 fully saturated rings. The zero-order valence-electron chi connectivity index (χ0n) is 34.7. The highest BCUT2D eigenvalue weighted by Crippen LogP contribution is 2.29. The topological polar surface area (TPSA) is 143 Å². The van der Waals surface area contributed by atoms with Crippen molar-refractivity contribution in [1.82, 2.24) is 0 Å². The number of carbonyl (C=O) groups is 2. The number of esters is 2. The molecule has 1 unspecified atom stereocenters. The molecule has 0 aromatic heterocycles. The van der Waals surface area contributed by atoms with Gasteiger partial charge in [0.25, 0.3) is 0 Å². The highest BCUT2D eigenvalue weighted by molar-refractivity contribution is 5.70. The highest BCUT2D eigenvalue weighted by atomic mass is 16.6. The van der Waals surface area contributed by atoms with Gasteiger partial charge in [-0.25, -0.2) is 0 Å². The second kappa shape index (κ2) is 34.5. The van der Waals surface area contributed by atoms with Crippen molar-refractivity contribution in [2.45, 2.75) is 225 Å². The molecule has 9 nitrogen and oxygen atoms in total. The largest absolute Gasteiger partial charge is 0.462 e. The summed E-state index contributed by atoms with van der Waals surface area (Å²) in [5.41, 5.74) is 0. The van der Waals surface area contributed by atoms with Gasteiger partial charge in [0.2, 0.25) is 0 Å². The van der Waals surface area contributed by atoms with Crippen molar-refractivity contribution in [3.8, 4) is 0 Å². The molecular formula is C45H82O9. The van der Waals surface area contributed by atoms with Crippen LogP contribution >= 0.6 is 0 Å². The van der Waals surface area contributed by atoms with Crippen LogP contribution in [0.5, 0.6) is 0 Å². The van der Waals surface area contributed by atoms with E-state index >= 15 is 0 Å². The van der Waals surface area contributed by atoms with Crippen LogP contribution in [0.3, 0.4) is 0 Å². The molecule has 1 heterocycles. The second-order valence-electron chi connectivity index (χ2n) is 16.1. The fraction of sp³-hybridized carbons (Fsp3) is 0.867. The second-order valence-corrected chi connectivity index (χ2v) is 16.1. The summed E-state index contributed by atoms with van der Waals surface area (Å²) in [6.45, 7) is 6.18. The van der Waals surface area contributed by atoms with E-state index in [-0.39, 0.29) is 31.3 Å². The third-order valence-electron chi connectivity index (χ3n) is 10.5. The van der Waals surface area contributed by atoms with Crippen molar-refractivity contribution in [3.05, 3.63) is 24.3 Å². The maximum absolute atomic E-state index is 12.3. The zero-order chi connectivity index (χ0) is 39.7. The standard InChI is InChI=1S/C45H82O9/c1-4-5-22-28-38(47)32-33-42-40(41(48)34-45(51)54-42)29-24-20-21-26-31-44(50)53-39(35-46)36-52-43(49)30-25-19-17-15-13-11-9-7-6-8-10-12-14-16-18-23-27-37(2)3/h20,24,32-33,37-42,45-48,51H,4-19,21-23,25-31,34-36H2,1-3H3/b24-20-,33-32+/t38-,39-,40-,41-,42+,45?/m0/s1.